The zero-order chi connectivity index (χ0) is 15.1. The quantitative estimate of drug-likeness (QED) is 0.842. The lowest BCUT2D eigenvalue weighted by atomic mass is 10.1. The van der Waals surface area contributed by atoms with E-state index in [0.717, 1.165) is 30.4 Å². The van der Waals surface area contributed by atoms with E-state index in [1.807, 2.05) is 19.9 Å². The first-order chi connectivity index (χ1) is 9.22. The van der Waals surface area contributed by atoms with Gasteiger partial charge in [0.1, 0.15) is 0 Å². The van der Waals surface area contributed by atoms with Gasteiger partial charge in [0.2, 0.25) is 10.0 Å². The first-order valence-electron chi connectivity index (χ1n) is 7.11. The maximum Gasteiger partial charge on any atom is 0.241 e. The van der Waals surface area contributed by atoms with Crippen molar-refractivity contribution in [2.75, 3.05) is 5.73 Å². The lowest BCUT2D eigenvalue weighted by molar-refractivity contribution is 0.537. The second-order valence-corrected chi connectivity index (χ2v) is 7.77. The van der Waals surface area contributed by atoms with Crippen molar-refractivity contribution in [1.82, 2.24) is 4.72 Å². The van der Waals surface area contributed by atoms with Gasteiger partial charge in [0.05, 0.1) is 4.90 Å². The Labute approximate surface area is 121 Å². The van der Waals surface area contributed by atoms with Gasteiger partial charge in [0, 0.05) is 11.7 Å². The fourth-order valence-corrected chi connectivity index (χ4v) is 4.95. The first-order valence-corrected chi connectivity index (χ1v) is 8.59. The topological polar surface area (TPSA) is 72.2 Å². The molecule has 0 aliphatic heterocycles. The summed E-state index contributed by atoms with van der Waals surface area (Å²) in [6.07, 6.45) is 2.92. The molecule has 1 aromatic carbocycles. The van der Waals surface area contributed by atoms with Gasteiger partial charge in [-0.25, -0.2) is 13.1 Å². The van der Waals surface area contributed by atoms with Crippen LogP contribution < -0.4 is 10.5 Å². The molecular weight excluding hydrogens is 272 g/mol. The Morgan fingerprint density at radius 2 is 1.85 bits per heavy atom. The van der Waals surface area contributed by atoms with Crippen LogP contribution in [0.3, 0.4) is 0 Å². The van der Waals surface area contributed by atoms with Crippen molar-refractivity contribution in [1.29, 1.82) is 0 Å². The van der Waals surface area contributed by atoms with Crippen LogP contribution in [0.1, 0.15) is 42.9 Å². The Morgan fingerprint density at radius 3 is 2.40 bits per heavy atom. The summed E-state index contributed by atoms with van der Waals surface area (Å²) in [6.45, 7) is 7.67. The second kappa shape index (κ2) is 5.37. The molecule has 1 aliphatic carbocycles. The number of aryl methyl sites for hydroxylation is 2. The van der Waals surface area contributed by atoms with Crippen molar-refractivity contribution in [2.45, 2.75) is 57.9 Å². The molecule has 0 radical (unpaired) electrons. The van der Waals surface area contributed by atoms with Crippen LogP contribution in [-0.4, -0.2) is 14.5 Å². The predicted molar refractivity (Wildman–Crippen MR) is 82.2 cm³/mol. The Hall–Kier alpha value is -1.07. The number of benzene rings is 1. The molecule has 2 atom stereocenters. The Morgan fingerprint density at radius 1 is 1.20 bits per heavy atom. The molecule has 1 saturated carbocycles. The summed E-state index contributed by atoms with van der Waals surface area (Å²) in [7, 11) is -3.50. The lowest BCUT2D eigenvalue weighted by Crippen LogP contribution is -2.34. The molecule has 1 fully saturated rings. The van der Waals surface area contributed by atoms with Gasteiger partial charge in [-0.05, 0) is 62.6 Å². The number of sulfonamides is 1. The van der Waals surface area contributed by atoms with Crippen molar-refractivity contribution in [2.24, 2.45) is 5.92 Å². The number of hydrogen-bond donors (Lipinski definition) is 2. The van der Waals surface area contributed by atoms with Crippen LogP contribution in [-0.2, 0) is 10.0 Å². The highest BCUT2D eigenvalue weighted by molar-refractivity contribution is 7.89. The Bertz CT molecular complexity index is 623. The normalized spacial score (nSPS) is 23.2. The summed E-state index contributed by atoms with van der Waals surface area (Å²) in [5, 5.41) is 0. The van der Waals surface area contributed by atoms with Crippen molar-refractivity contribution >= 4 is 15.7 Å². The summed E-state index contributed by atoms with van der Waals surface area (Å²) >= 11 is 0. The highest BCUT2D eigenvalue weighted by Gasteiger charge is 2.29. The first kappa shape index (κ1) is 15.3. The van der Waals surface area contributed by atoms with Crippen LogP contribution in [0.15, 0.2) is 11.0 Å². The summed E-state index contributed by atoms with van der Waals surface area (Å²) in [6, 6.07) is 1.89. The van der Waals surface area contributed by atoms with Gasteiger partial charge >= 0.3 is 0 Å². The minimum atomic E-state index is -3.50. The maximum absolute atomic E-state index is 12.6. The van der Waals surface area contributed by atoms with Gasteiger partial charge in [-0.1, -0.05) is 13.0 Å². The number of anilines is 1. The fourth-order valence-electron chi connectivity index (χ4n) is 3.19. The van der Waals surface area contributed by atoms with Gasteiger partial charge < -0.3 is 5.73 Å². The molecule has 112 valence electrons. The number of nitrogens with one attached hydrogen (secondary N) is 1. The molecule has 0 bridgehead atoms. The van der Waals surface area contributed by atoms with Crippen LogP contribution in [0.4, 0.5) is 5.69 Å². The number of nitrogens with two attached hydrogens (primary N) is 1. The molecule has 1 aromatic rings. The van der Waals surface area contributed by atoms with E-state index in [-0.39, 0.29) is 6.04 Å². The highest BCUT2D eigenvalue weighted by atomic mass is 32.2. The third kappa shape index (κ3) is 2.83. The van der Waals surface area contributed by atoms with E-state index in [1.165, 1.54) is 0 Å². The van der Waals surface area contributed by atoms with E-state index in [1.54, 1.807) is 6.92 Å². The predicted octanol–water partition coefficient (Wildman–Crippen LogP) is 2.66. The van der Waals surface area contributed by atoms with Crippen molar-refractivity contribution in [3.8, 4) is 0 Å². The minimum Gasteiger partial charge on any atom is -0.398 e. The minimum absolute atomic E-state index is 0.0522. The Balaban J connectivity index is 2.37. The highest BCUT2D eigenvalue weighted by Crippen LogP contribution is 2.30. The molecule has 4 nitrogen and oxygen atoms in total. The zero-order valence-corrected chi connectivity index (χ0v) is 13.5. The lowest BCUT2D eigenvalue weighted by Gasteiger charge is -2.18. The SMILES string of the molecule is Cc1cc(C)c(S(=O)(=O)NC2CCC(C)C2)c(C)c1N. The van der Waals surface area contributed by atoms with E-state index < -0.39 is 10.0 Å². The van der Waals surface area contributed by atoms with Crippen LogP contribution in [0.5, 0.6) is 0 Å². The van der Waals surface area contributed by atoms with Crippen molar-refractivity contribution in [3.63, 3.8) is 0 Å². The van der Waals surface area contributed by atoms with Crippen LogP contribution >= 0.6 is 0 Å². The standard InChI is InChI=1S/C15H24N2O2S/c1-9-5-6-13(7-9)17-20(18,19)15-11(3)8-10(2)14(16)12(15)4/h8-9,13,17H,5-7,16H2,1-4H3. The molecule has 2 rings (SSSR count). The van der Waals surface area contributed by atoms with Gasteiger partial charge in [-0.3, -0.25) is 0 Å². The Kier molecular flexibility index (Phi) is 4.12. The van der Waals surface area contributed by atoms with Crippen LogP contribution in [0.25, 0.3) is 0 Å². The van der Waals surface area contributed by atoms with Gasteiger partial charge in [0.25, 0.3) is 0 Å². The largest absolute Gasteiger partial charge is 0.398 e. The smallest absolute Gasteiger partial charge is 0.241 e. The molecule has 5 heteroatoms. The van der Waals surface area contributed by atoms with Gasteiger partial charge in [-0.15, -0.1) is 0 Å². The maximum atomic E-state index is 12.6. The molecule has 0 heterocycles. The molecule has 0 saturated heterocycles. The molecule has 3 N–H and O–H groups in total. The third-order valence-corrected chi connectivity index (χ3v) is 6.06. The summed E-state index contributed by atoms with van der Waals surface area (Å²) in [5.74, 6) is 0.591. The van der Waals surface area contributed by atoms with E-state index in [2.05, 4.69) is 11.6 Å². The zero-order valence-electron chi connectivity index (χ0n) is 12.7. The van der Waals surface area contributed by atoms with E-state index in [4.69, 9.17) is 5.73 Å². The van der Waals surface area contributed by atoms with Crippen LogP contribution in [0, 0.1) is 26.7 Å². The average molecular weight is 296 g/mol. The molecule has 0 spiro atoms. The fraction of sp³-hybridized carbons (Fsp3) is 0.600. The number of rotatable bonds is 3. The summed E-state index contributed by atoms with van der Waals surface area (Å²) in [4.78, 5) is 0.347. The molecule has 2 unspecified atom stereocenters. The molecule has 0 amide bonds. The van der Waals surface area contributed by atoms with Gasteiger partial charge in [0.15, 0.2) is 0 Å². The van der Waals surface area contributed by atoms with E-state index >= 15 is 0 Å². The monoisotopic (exact) mass is 296 g/mol. The van der Waals surface area contributed by atoms with E-state index in [0.29, 0.717) is 22.1 Å². The molecule has 1 aliphatic rings. The van der Waals surface area contributed by atoms with Crippen molar-refractivity contribution < 1.29 is 8.42 Å². The molecule has 0 aromatic heterocycles. The average Bonchev–Trinajstić information content (AvgIpc) is 2.70. The summed E-state index contributed by atoms with van der Waals surface area (Å²) < 4.78 is 28.1. The summed E-state index contributed by atoms with van der Waals surface area (Å²) in [5.41, 5.74) is 8.89. The number of hydrogen-bond acceptors (Lipinski definition) is 3. The van der Waals surface area contributed by atoms with E-state index in [9.17, 15) is 8.42 Å². The number of nitrogen functional groups attached to an aromatic ring is 1. The van der Waals surface area contributed by atoms with Crippen molar-refractivity contribution in [3.05, 3.63) is 22.8 Å². The third-order valence-electron chi connectivity index (χ3n) is 4.25. The molecular formula is C15H24N2O2S. The van der Waals surface area contributed by atoms with Gasteiger partial charge in [-0.2, -0.15) is 0 Å². The van der Waals surface area contributed by atoms with Crippen LogP contribution in [0.2, 0.25) is 0 Å². The second-order valence-electron chi connectivity index (χ2n) is 6.11. The molecule has 20 heavy (non-hydrogen) atoms.